The molecule has 2 nitrogen and oxygen atoms in total. The Labute approximate surface area is 120 Å². The van der Waals surface area contributed by atoms with Crippen LogP contribution in [-0.4, -0.2) is 36.6 Å². The molecule has 0 aromatic rings. The molecule has 112 valence electrons. The van der Waals surface area contributed by atoms with Crippen molar-refractivity contribution in [2.75, 3.05) is 26.2 Å². The highest BCUT2D eigenvalue weighted by Gasteiger charge is 2.40. The van der Waals surface area contributed by atoms with Crippen LogP contribution < -0.4 is 5.32 Å². The fourth-order valence-corrected chi connectivity index (χ4v) is 4.02. The Balaban J connectivity index is 1.61. The van der Waals surface area contributed by atoms with E-state index >= 15 is 0 Å². The molecule has 0 aromatic carbocycles. The molecule has 1 saturated heterocycles. The van der Waals surface area contributed by atoms with Crippen LogP contribution in [0.3, 0.4) is 0 Å². The van der Waals surface area contributed by atoms with Crippen LogP contribution in [0.5, 0.6) is 0 Å². The zero-order valence-corrected chi connectivity index (χ0v) is 13.1. The first-order chi connectivity index (χ1) is 9.37. The number of rotatable bonds is 8. The van der Waals surface area contributed by atoms with Crippen LogP contribution in [0.15, 0.2) is 0 Å². The summed E-state index contributed by atoms with van der Waals surface area (Å²) in [5.74, 6) is 0. The lowest BCUT2D eigenvalue weighted by Crippen LogP contribution is -2.59. The van der Waals surface area contributed by atoms with Gasteiger partial charge in [0.1, 0.15) is 0 Å². The molecule has 1 aliphatic heterocycles. The molecule has 2 fully saturated rings. The summed E-state index contributed by atoms with van der Waals surface area (Å²) in [6.07, 6.45) is 15.8. The van der Waals surface area contributed by atoms with Gasteiger partial charge in [0, 0.05) is 25.2 Å². The van der Waals surface area contributed by atoms with Gasteiger partial charge in [-0.1, -0.05) is 58.3 Å². The van der Waals surface area contributed by atoms with Crippen LogP contribution in [0.25, 0.3) is 0 Å². The fraction of sp³-hybridized carbons (Fsp3) is 1.00. The third-order valence-electron chi connectivity index (χ3n) is 5.25. The number of unbranched alkanes of at least 4 members (excludes halogenated alkanes) is 6. The maximum absolute atomic E-state index is 3.63. The summed E-state index contributed by atoms with van der Waals surface area (Å²) in [6.45, 7) is 7.40. The second-order valence-corrected chi connectivity index (χ2v) is 6.72. The van der Waals surface area contributed by atoms with E-state index in [0.29, 0.717) is 5.54 Å². The maximum Gasteiger partial charge on any atom is 0.0334 e. The van der Waals surface area contributed by atoms with Gasteiger partial charge in [-0.25, -0.2) is 0 Å². The summed E-state index contributed by atoms with van der Waals surface area (Å²) in [6, 6.07) is 0. The Kier molecular flexibility index (Phi) is 6.66. The Hall–Kier alpha value is -0.0800. The number of nitrogens with zero attached hydrogens (tertiary/aromatic N) is 1. The summed E-state index contributed by atoms with van der Waals surface area (Å²) in [5, 5.41) is 3.63. The third-order valence-corrected chi connectivity index (χ3v) is 5.25. The van der Waals surface area contributed by atoms with Gasteiger partial charge in [-0.3, -0.25) is 4.90 Å². The SMILES string of the molecule is CCCCCCCCCN1CCNCC12CCCC2. The molecule has 1 spiro atoms. The molecule has 0 amide bonds. The average molecular weight is 266 g/mol. The minimum absolute atomic E-state index is 0.556. The molecule has 0 radical (unpaired) electrons. The van der Waals surface area contributed by atoms with Gasteiger partial charge in [0.2, 0.25) is 0 Å². The van der Waals surface area contributed by atoms with Crippen molar-refractivity contribution in [3.63, 3.8) is 0 Å². The lowest BCUT2D eigenvalue weighted by Gasteiger charge is -2.45. The molecular weight excluding hydrogens is 232 g/mol. The normalized spacial score (nSPS) is 23.2. The molecule has 2 aliphatic rings. The van der Waals surface area contributed by atoms with Crippen molar-refractivity contribution in [1.29, 1.82) is 0 Å². The number of nitrogens with one attached hydrogen (secondary N) is 1. The number of hydrogen-bond donors (Lipinski definition) is 1. The van der Waals surface area contributed by atoms with Gasteiger partial charge >= 0.3 is 0 Å². The highest BCUT2D eigenvalue weighted by molar-refractivity contribution is 4.99. The van der Waals surface area contributed by atoms with Gasteiger partial charge in [0.05, 0.1) is 0 Å². The minimum Gasteiger partial charge on any atom is -0.314 e. The zero-order chi connectivity index (χ0) is 13.4. The van der Waals surface area contributed by atoms with Gasteiger partial charge in [0.15, 0.2) is 0 Å². The van der Waals surface area contributed by atoms with E-state index in [9.17, 15) is 0 Å². The molecule has 0 unspecified atom stereocenters. The van der Waals surface area contributed by atoms with E-state index in [4.69, 9.17) is 0 Å². The predicted octanol–water partition coefficient (Wildman–Crippen LogP) is 3.96. The first kappa shape index (κ1) is 15.3. The van der Waals surface area contributed by atoms with Crippen LogP contribution in [-0.2, 0) is 0 Å². The molecule has 2 rings (SSSR count). The van der Waals surface area contributed by atoms with Crippen molar-refractivity contribution in [2.45, 2.75) is 83.1 Å². The Morgan fingerprint density at radius 1 is 0.947 bits per heavy atom. The van der Waals surface area contributed by atoms with Gasteiger partial charge in [0.25, 0.3) is 0 Å². The molecule has 0 bridgehead atoms. The molecule has 19 heavy (non-hydrogen) atoms. The summed E-state index contributed by atoms with van der Waals surface area (Å²) < 4.78 is 0. The van der Waals surface area contributed by atoms with E-state index < -0.39 is 0 Å². The van der Waals surface area contributed by atoms with Gasteiger partial charge in [-0.05, 0) is 25.8 Å². The first-order valence-corrected chi connectivity index (χ1v) is 8.83. The molecule has 1 N–H and O–H groups in total. The van der Waals surface area contributed by atoms with E-state index in [1.165, 1.54) is 96.8 Å². The Bertz CT molecular complexity index is 233. The summed E-state index contributed by atoms with van der Waals surface area (Å²) in [5.41, 5.74) is 0.556. The maximum atomic E-state index is 3.63. The molecule has 1 aliphatic carbocycles. The molecule has 2 heteroatoms. The van der Waals surface area contributed by atoms with Crippen molar-refractivity contribution in [1.82, 2.24) is 10.2 Å². The molecule has 1 saturated carbocycles. The van der Waals surface area contributed by atoms with Gasteiger partial charge in [-0.15, -0.1) is 0 Å². The fourth-order valence-electron chi connectivity index (χ4n) is 4.02. The minimum atomic E-state index is 0.556. The Morgan fingerprint density at radius 3 is 2.37 bits per heavy atom. The standard InChI is InChI=1S/C17H34N2/c1-2-3-4-5-6-7-10-14-19-15-13-18-16-17(19)11-8-9-12-17/h18H,2-16H2,1H3. The second kappa shape index (κ2) is 8.26. The van der Waals surface area contributed by atoms with Crippen LogP contribution in [0.2, 0.25) is 0 Å². The summed E-state index contributed by atoms with van der Waals surface area (Å²) in [7, 11) is 0. The molecule has 1 heterocycles. The van der Waals surface area contributed by atoms with E-state index in [1.54, 1.807) is 0 Å². The summed E-state index contributed by atoms with van der Waals surface area (Å²) >= 11 is 0. The van der Waals surface area contributed by atoms with Crippen molar-refractivity contribution >= 4 is 0 Å². The van der Waals surface area contributed by atoms with Gasteiger partial charge in [-0.2, -0.15) is 0 Å². The monoisotopic (exact) mass is 266 g/mol. The third kappa shape index (κ3) is 4.46. The quantitative estimate of drug-likeness (QED) is 0.669. The van der Waals surface area contributed by atoms with E-state index in [-0.39, 0.29) is 0 Å². The van der Waals surface area contributed by atoms with Crippen molar-refractivity contribution in [3.8, 4) is 0 Å². The highest BCUT2D eigenvalue weighted by Crippen LogP contribution is 2.36. The van der Waals surface area contributed by atoms with E-state index in [0.717, 1.165) is 0 Å². The van der Waals surface area contributed by atoms with Crippen molar-refractivity contribution in [3.05, 3.63) is 0 Å². The first-order valence-electron chi connectivity index (χ1n) is 8.83. The zero-order valence-electron chi connectivity index (χ0n) is 13.1. The predicted molar refractivity (Wildman–Crippen MR) is 83.6 cm³/mol. The second-order valence-electron chi connectivity index (χ2n) is 6.72. The number of hydrogen-bond acceptors (Lipinski definition) is 2. The van der Waals surface area contributed by atoms with Crippen LogP contribution in [0.4, 0.5) is 0 Å². The number of piperazine rings is 1. The van der Waals surface area contributed by atoms with Gasteiger partial charge < -0.3 is 5.32 Å². The highest BCUT2D eigenvalue weighted by atomic mass is 15.3. The smallest absolute Gasteiger partial charge is 0.0334 e. The van der Waals surface area contributed by atoms with Crippen molar-refractivity contribution < 1.29 is 0 Å². The van der Waals surface area contributed by atoms with Crippen LogP contribution >= 0.6 is 0 Å². The average Bonchev–Trinajstić information content (AvgIpc) is 2.89. The molecular formula is C17H34N2. The van der Waals surface area contributed by atoms with Crippen molar-refractivity contribution in [2.24, 2.45) is 0 Å². The largest absolute Gasteiger partial charge is 0.314 e. The topological polar surface area (TPSA) is 15.3 Å². The summed E-state index contributed by atoms with van der Waals surface area (Å²) in [4.78, 5) is 2.84. The molecule has 0 atom stereocenters. The van der Waals surface area contributed by atoms with Crippen LogP contribution in [0, 0.1) is 0 Å². The van der Waals surface area contributed by atoms with Crippen LogP contribution in [0.1, 0.15) is 77.6 Å². The van der Waals surface area contributed by atoms with E-state index in [2.05, 4.69) is 17.1 Å². The molecule has 0 aromatic heterocycles. The lowest BCUT2D eigenvalue weighted by atomic mass is 9.92. The Morgan fingerprint density at radius 2 is 1.63 bits per heavy atom. The lowest BCUT2D eigenvalue weighted by molar-refractivity contribution is 0.0631. The van der Waals surface area contributed by atoms with E-state index in [1.807, 2.05) is 0 Å².